The highest BCUT2D eigenvalue weighted by atomic mass is 35.5. The summed E-state index contributed by atoms with van der Waals surface area (Å²) in [5.74, 6) is 0.527. The third-order valence-corrected chi connectivity index (χ3v) is 4.02. The topological polar surface area (TPSA) is 21.3 Å². The maximum absolute atomic E-state index is 6.37. The van der Waals surface area contributed by atoms with Crippen molar-refractivity contribution in [1.29, 1.82) is 0 Å². The molecule has 0 saturated carbocycles. The van der Waals surface area contributed by atoms with Crippen LogP contribution in [0.2, 0.25) is 5.02 Å². The van der Waals surface area contributed by atoms with Crippen molar-refractivity contribution in [3.63, 3.8) is 0 Å². The van der Waals surface area contributed by atoms with Crippen molar-refractivity contribution in [2.45, 2.75) is 26.3 Å². The molecule has 1 heterocycles. The average Bonchev–Trinajstić information content (AvgIpc) is 2.80. The van der Waals surface area contributed by atoms with Gasteiger partial charge in [0, 0.05) is 23.6 Å². The second kappa shape index (κ2) is 5.38. The van der Waals surface area contributed by atoms with Gasteiger partial charge >= 0.3 is 0 Å². The second-order valence-corrected chi connectivity index (χ2v) is 5.26. The lowest BCUT2D eigenvalue weighted by Crippen LogP contribution is -2.26. The molecule has 0 amide bonds. The Labute approximate surface area is 108 Å². The summed E-state index contributed by atoms with van der Waals surface area (Å²) in [4.78, 5) is 0. The largest absolute Gasteiger partial charge is 0.381 e. The minimum Gasteiger partial charge on any atom is -0.381 e. The van der Waals surface area contributed by atoms with Crippen LogP contribution in [0.4, 0.5) is 0 Å². The SMILES string of the molecule is CNC(c1cc(C)c(C)cc1Cl)C1CCOC1. The summed E-state index contributed by atoms with van der Waals surface area (Å²) in [7, 11) is 1.99. The van der Waals surface area contributed by atoms with E-state index in [9.17, 15) is 0 Å². The highest BCUT2D eigenvalue weighted by Gasteiger charge is 2.27. The zero-order valence-corrected chi connectivity index (χ0v) is 11.5. The summed E-state index contributed by atoms with van der Waals surface area (Å²) in [5, 5.41) is 4.24. The van der Waals surface area contributed by atoms with Gasteiger partial charge in [-0.2, -0.15) is 0 Å². The summed E-state index contributed by atoms with van der Waals surface area (Å²) in [6, 6.07) is 4.56. The van der Waals surface area contributed by atoms with Gasteiger partial charge in [0.25, 0.3) is 0 Å². The fourth-order valence-corrected chi connectivity index (χ4v) is 2.84. The Bertz CT molecular complexity index is 399. The molecule has 0 bridgehead atoms. The zero-order chi connectivity index (χ0) is 12.4. The third-order valence-electron chi connectivity index (χ3n) is 3.70. The molecule has 0 aliphatic carbocycles. The Hall–Kier alpha value is -0.570. The third kappa shape index (κ3) is 2.65. The first-order valence-corrected chi connectivity index (χ1v) is 6.53. The molecule has 1 aliphatic rings. The molecule has 1 saturated heterocycles. The molecule has 1 aromatic rings. The maximum Gasteiger partial charge on any atom is 0.0513 e. The van der Waals surface area contributed by atoms with Crippen LogP contribution < -0.4 is 5.32 Å². The van der Waals surface area contributed by atoms with Gasteiger partial charge in [-0.25, -0.2) is 0 Å². The fourth-order valence-electron chi connectivity index (χ4n) is 2.50. The Morgan fingerprint density at radius 2 is 2.06 bits per heavy atom. The molecule has 1 aliphatic heterocycles. The van der Waals surface area contributed by atoms with E-state index in [-0.39, 0.29) is 0 Å². The number of hydrogen-bond donors (Lipinski definition) is 1. The molecule has 17 heavy (non-hydrogen) atoms. The van der Waals surface area contributed by atoms with E-state index in [1.54, 1.807) is 0 Å². The summed E-state index contributed by atoms with van der Waals surface area (Å²) in [6.45, 7) is 5.92. The van der Waals surface area contributed by atoms with Crippen LogP contribution in [0.5, 0.6) is 0 Å². The molecule has 2 unspecified atom stereocenters. The molecule has 1 N–H and O–H groups in total. The average molecular weight is 254 g/mol. The van der Waals surface area contributed by atoms with Crippen LogP contribution in [0.3, 0.4) is 0 Å². The molecular formula is C14H20ClNO. The lowest BCUT2D eigenvalue weighted by atomic mass is 9.90. The Morgan fingerprint density at radius 1 is 1.35 bits per heavy atom. The smallest absolute Gasteiger partial charge is 0.0513 e. The Balaban J connectivity index is 2.32. The van der Waals surface area contributed by atoms with Gasteiger partial charge in [-0.15, -0.1) is 0 Å². The van der Waals surface area contributed by atoms with Gasteiger partial charge < -0.3 is 10.1 Å². The molecule has 0 radical (unpaired) electrons. The predicted molar refractivity (Wildman–Crippen MR) is 71.7 cm³/mol. The van der Waals surface area contributed by atoms with Crippen LogP contribution >= 0.6 is 11.6 Å². The molecule has 2 atom stereocenters. The quantitative estimate of drug-likeness (QED) is 0.893. The first kappa shape index (κ1) is 12.9. The zero-order valence-electron chi connectivity index (χ0n) is 10.7. The van der Waals surface area contributed by atoms with E-state index < -0.39 is 0 Å². The number of aryl methyl sites for hydroxylation is 2. The molecule has 3 heteroatoms. The van der Waals surface area contributed by atoms with Crippen LogP contribution in [0, 0.1) is 19.8 Å². The van der Waals surface area contributed by atoms with Crippen LogP contribution in [-0.2, 0) is 4.74 Å². The Kier molecular flexibility index (Phi) is 4.08. The van der Waals surface area contributed by atoms with E-state index in [0.717, 1.165) is 24.7 Å². The molecule has 0 aromatic heterocycles. The molecule has 94 valence electrons. The lowest BCUT2D eigenvalue weighted by Gasteiger charge is -2.24. The van der Waals surface area contributed by atoms with E-state index in [1.807, 2.05) is 7.05 Å². The Morgan fingerprint density at radius 3 is 2.65 bits per heavy atom. The predicted octanol–water partition coefficient (Wildman–Crippen LogP) is 3.25. The number of ether oxygens (including phenoxy) is 1. The van der Waals surface area contributed by atoms with Gasteiger partial charge in [-0.1, -0.05) is 17.7 Å². The van der Waals surface area contributed by atoms with Gasteiger partial charge in [-0.3, -0.25) is 0 Å². The normalized spacial score (nSPS) is 21.8. The molecule has 1 fully saturated rings. The van der Waals surface area contributed by atoms with Gasteiger partial charge in [0.15, 0.2) is 0 Å². The molecule has 2 nitrogen and oxygen atoms in total. The van der Waals surface area contributed by atoms with Crippen molar-refractivity contribution in [3.8, 4) is 0 Å². The number of benzene rings is 1. The van der Waals surface area contributed by atoms with Crippen molar-refractivity contribution >= 4 is 11.6 Å². The molecule has 2 rings (SSSR count). The molecule has 0 spiro atoms. The van der Waals surface area contributed by atoms with Crippen LogP contribution in [0.25, 0.3) is 0 Å². The summed E-state index contributed by atoms with van der Waals surface area (Å²) >= 11 is 6.37. The lowest BCUT2D eigenvalue weighted by molar-refractivity contribution is 0.178. The summed E-state index contributed by atoms with van der Waals surface area (Å²) in [6.07, 6.45) is 1.11. The second-order valence-electron chi connectivity index (χ2n) is 4.85. The van der Waals surface area contributed by atoms with Crippen LogP contribution in [0.1, 0.15) is 29.2 Å². The maximum atomic E-state index is 6.37. The first-order chi connectivity index (χ1) is 8.13. The van der Waals surface area contributed by atoms with Crippen LogP contribution in [0.15, 0.2) is 12.1 Å². The van der Waals surface area contributed by atoms with E-state index in [2.05, 4.69) is 31.3 Å². The minimum atomic E-state index is 0.296. The van der Waals surface area contributed by atoms with E-state index in [0.29, 0.717) is 12.0 Å². The van der Waals surface area contributed by atoms with Gasteiger partial charge in [0.2, 0.25) is 0 Å². The highest BCUT2D eigenvalue weighted by molar-refractivity contribution is 6.31. The number of rotatable bonds is 3. The monoisotopic (exact) mass is 253 g/mol. The highest BCUT2D eigenvalue weighted by Crippen LogP contribution is 2.34. The number of halogens is 1. The minimum absolute atomic E-state index is 0.296. The van der Waals surface area contributed by atoms with E-state index in [1.165, 1.54) is 16.7 Å². The van der Waals surface area contributed by atoms with Crippen molar-refractivity contribution in [3.05, 3.63) is 33.8 Å². The van der Waals surface area contributed by atoms with Gasteiger partial charge in [0.1, 0.15) is 0 Å². The van der Waals surface area contributed by atoms with Gasteiger partial charge in [0.05, 0.1) is 6.61 Å². The standard InChI is InChI=1S/C14H20ClNO/c1-9-6-12(13(15)7-10(9)2)14(16-3)11-4-5-17-8-11/h6-7,11,14,16H,4-5,8H2,1-3H3. The summed E-state index contributed by atoms with van der Waals surface area (Å²) in [5.41, 5.74) is 3.74. The van der Waals surface area contributed by atoms with Crippen molar-refractivity contribution in [2.75, 3.05) is 20.3 Å². The van der Waals surface area contributed by atoms with Crippen molar-refractivity contribution < 1.29 is 4.74 Å². The fraction of sp³-hybridized carbons (Fsp3) is 0.571. The first-order valence-electron chi connectivity index (χ1n) is 6.15. The molecular weight excluding hydrogens is 234 g/mol. The number of nitrogens with one attached hydrogen (secondary N) is 1. The van der Waals surface area contributed by atoms with E-state index >= 15 is 0 Å². The van der Waals surface area contributed by atoms with Crippen LogP contribution in [-0.4, -0.2) is 20.3 Å². The molecule has 1 aromatic carbocycles. The van der Waals surface area contributed by atoms with Crippen molar-refractivity contribution in [2.24, 2.45) is 5.92 Å². The number of hydrogen-bond acceptors (Lipinski definition) is 2. The van der Waals surface area contributed by atoms with Crippen molar-refractivity contribution in [1.82, 2.24) is 5.32 Å². The van der Waals surface area contributed by atoms with Gasteiger partial charge in [-0.05, 0) is 50.1 Å². The summed E-state index contributed by atoms with van der Waals surface area (Å²) < 4.78 is 5.47. The van der Waals surface area contributed by atoms with E-state index in [4.69, 9.17) is 16.3 Å².